The van der Waals surface area contributed by atoms with Crippen LogP contribution in [-0.4, -0.2) is 57.8 Å². The van der Waals surface area contributed by atoms with Crippen molar-refractivity contribution in [2.24, 2.45) is 5.92 Å². The van der Waals surface area contributed by atoms with Crippen LogP contribution in [0, 0.1) is 5.92 Å². The Morgan fingerprint density at radius 2 is 1.78 bits per heavy atom. The van der Waals surface area contributed by atoms with Crippen molar-refractivity contribution in [2.45, 2.75) is 51.5 Å². The standard InChI is InChI=1S/C28H38BrN3O4/c1-17(2)32-12-10-18(11-13-32)22-14-20(7-9-24(22)34-3)31-28(33)19-6-8-21-23(30-16-19)15-25(35-4)27(36-5)26(21)29/h7,9,14-15,17-19,30H,6,8,10-13,16H2,1-5H3,(H,31,33). The van der Waals surface area contributed by atoms with Gasteiger partial charge in [-0.1, -0.05) is 0 Å². The monoisotopic (exact) mass is 559 g/mol. The Morgan fingerprint density at radius 1 is 1.06 bits per heavy atom. The lowest BCUT2D eigenvalue weighted by molar-refractivity contribution is -0.119. The van der Waals surface area contributed by atoms with E-state index in [1.54, 1.807) is 21.3 Å². The zero-order chi connectivity index (χ0) is 25.8. The summed E-state index contributed by atoms with van der Waals surface area (Å²) in [5.74, 6) is 2.52. The van der Waals surface area contributed by atoms with Gasteiger partial charge in [-0.05, 0) is 104 Å². The summed E-state index contributed by atoms with van der Waals surface area (Å²) in [4.78, 5) is 15.8. The number of amides is 1. The van der Waals surface area contributed by atoms with Gasteiger partial charge in [-0.15, -0.1) is 0 Å². The van der Waals surface area contributed by atoms with Crippen LogP contribution in [0.5, 0.6) is 17.2 Å². The van der Waals surface area contributed by atoms with Crippen molar-refractivity contribution < 1.29 is 19.0 Å². The van der Waals surface area contributed by atoms with Gasteiger partial charge in [0.1, 0.15) is 5.75 Å². The quantitative estimate of drug-likeness (QED) is 0.455. The number of anilines is 2. The van der Waals surface area contributed by atoms with Crippen molar-refractivity contribution in [3.8, 4) is 17.2 Å². The fourth-order valence-corrected chi connectivity index (χ4v) is 6.14. The number of carbonyl (C=O) groups excluding carboxylic acids is 1. The van der Waals surface area contributed by atoms with Crippen LogP contribution >= 0.6 is 15.9 Å². The first-order valence-electron chi connectivity index (χ1n) is 12.8. The predicted molar refractivity (Wildman–Crippen MR) is 148 cm³/mol. The fraction of sp³-hybridized carbons (Fsp3) is 0.536. The average Bonchev–Trinajstić information content (AvgIpc) is 3.11. The zero-order valence-corrected chi connectivity index (χ0v) is 23.5. The van der Waals surface area contributed by atoms with E-state index >= 15 is 0 Å². The van der Waals surface area contributed by atoms with Gasteiger partial charge >= 0.3 is 0 Å². The molecule has 1 saturated heterocycles. The Morgan fingerprint density at radius 3 is 2.42 bits per heavy atom. The molecule has 2 aromatic rings. The van der Waals surface area contributed by atoms with Crippen LogP contribution in [0.2, 0.25) is 0 Å². The molecule has 1 unspecified atom stereocenters. The van der Waals surface area contributed by atoms with Gasteiger partial charge in [0.05, 0.1) is 31.7 Å². The molecule has 0 spiro atoms. The van der Waals surface area contributed by atoms with Crippen LogP contribution in [0.4, 0.5) is 11.4 Å². The Balaban J connectivity index is 1.46. The van der Waals surface area contributed by atoms with Gasteiger partial charge in [-0.2, -0.15) is 0 Å². The third-order valence-electron chi connectivity index (χ3n) is 7.56. The minimum Gasteiger partial charge on any atom is -0.496 e. The molecular formula is C28H38BrN3O4. The maximum absolute atomic E-state index is 13.3. The van der Waals surface area contributed by atoms with Gasteiger partial charge < -0.3 is 29.7 Å². The summed E-state index contributed by atoms with van der Waals surface area (Å²) in [5.41, 5.74) is 4.08. The third-order valence-corrected chi connectivity index (χ3v) is 8.40. The van der Waals surface area contributed by atoms with Crippen LogP contribution in [-0.2, 0) is 11.2 Å². The van der Waals surface area contributed by atoms with Crippen molar-refractivity contribution in [3.63, 3.8) is 0 Å². The largest absolute Gasteiger partial charge is 0.496 e. The van der Waals surface area contributed by atoms with E-state index in [1.807, 2.05) is 18.2 Å². The number of benzene rings is 2. The summed E-state index contributed by atoms with van der Waals surface area (Å²) in [6, 6.07) is 8.54. The summed E-state index contributed by atoms with van der Waals surface area (Å²) in [5, 5.41) is 6.63. The minimum atomic E-state index is -0.166. The van der Waals surface area contributed by atoms with Crippen LogP contribution in [0.15, 0.2) is 28.7 Å². The van der Waals surface area contributed by atoms with Gasteiger partial charge in [-0.3, -0.25) is 4.79 Å². The number of likely N-dealkylation sites (tertiary alicyclic amines) is 1. The molecule has 7 nitrogen and oxygen atoms in total. The first-order chi connectivity index (χ1) is 17.4. The lowest BCUT2D eigenvalue weighted by Gasteiger charge is -2.35. The summed E-state index contributed by atoms with van der Waals surface area (Å²) < 4.78 is 17.6. The molecule has 0 aromatic heterocycles. The molecule has 8 heteroatoms. The molecule has 36 heavy (non-hydrogen) atoms. The van der Waals surface area contributed by atoms with E-state index in [9.17, 15) is 4.79 Å². The highest BCUT2D eigenvalue weighted by Gasteiger charge is 2.28. The Hall–Kier alpha value is -2.45. The molecule has 2 aliphatic rings. The molecule has 1 fully saturated rings. The Bertz CT molecular complexity index is 1080. The normalized spacial score (nSPS) is 18.7. The number of nitrogens with zero attached hydrogens (tertiary/aromatic N) is 1. The number of nitrogens with one attached hydrogen (secondary N) is 2. The van der Waals surface area contributed by atoms with Crippen LogP contribution in [0.1, 0.15) is 50.2 Å². The second-order valence-electron chi connectivity index (χ2n) is 9.92. The van der Waals surface area contributed by atoms with E-state index in [-0.39, 0.29) is 11.8 Å². The SMILES string of the molecule is COc1ccc(NC(=O)C2CCc3c(cc(OC)c(OC)c3Br)NC2)cc1C1CCN(C(C)C)CC1. The molecule has 1 amide bonds. The number of halogens is 1. The number of hydrogen-bond donors (Lipinski definition) is 2. The lowest BCUT2D eigenvalue weighted by atomic mass is 9.88. The van der Waals surface area contributed by atoms with E-state index in [0.29, 0.717) is 30.0 Å². The molecule has 0 aliphatic carbocycles. The van der Waals surface area contributed by atoms with Crippen molar-refractivity contribution in [1.29, 1.82) is 0 Å². The highest BCUT2D eigenvalue weighted by Crippen LogP contribution is 2.44. The highest BCUT2D eigenvalue weighted by atomic mass is 79.9. The minimum absolute atomic E-state index is 0.0242. The van der Waals surface area contributed by atoms with Crippen LogP contribution in [0.25, 0.3) is 0 Å². The number of fused-ring (bicyclic) bond motifs is 1. The zero-order valence-electron chi connectivity index (χ0n) is 21.9. The summed E-state index contributed by atoms with van der Waals surface area (Å²) in [6.45, 7) is 7.23. The fourth-order valence-electron chi connectivity index (χ4n) is 5.37. The van der Waals surface area contributed by atoms with Crippen molar-refractivity contribution in [2.75, 3.05) is 51.6 Å². The Labute approximate surface area is 223 Å². The topological polar surface area (TPSA) is 72.1 Å². The summed E-state index contributed by atoms with van der Waals surface area (Å²) >= 11 is 3.67. The van der Waals surface area contributed by atoms with Crippen LogP contribution in [0.3, 0.4) is 0 Å². The molecule has 2 heterocycles. The van der Waals surface area contributed by atoms with E-state index in [2.05, 4.69) is 51.4 Å². The van der Waals surface area contributed by atoms with Gasteiger partial charge in [0, 0.05) is 30.0 Å². The molecular weight excluding hydrogens is 522 g/mol. The number of methoxy groups -OCH3 is 3. The number of rotatable bonds is 7. The predicted octanol–water partition coefficient (Wildman–Crippen LogP) is 5.68. The maximum atomic E-state index is 13.3. The molecule has 2 aliphatic heterocycles. The molecule has 0 saturated carbocycles. The van der Waals surface area contributed by atoms with Crippen LogP contribution < -0.4 is 24.8 Å². The van der Waals surface area contributed by atoms with Crippen molar-refractivity contribution in [3.05, 3.63) is 39.9 Å². The second-order valence-corrected chi connectivity index (χ2v) is 10.7. The number of carbonyl (C=O) groups is 1. The van der Waals surface area contributed by atoms with Gasteiger partial charge in [0.15, 0.2) is 11.5 Å². The van der Waals surface area contributed by atoms with E-state index in [4.69, 9.17) is 14.2 Å². The molecule has 1 atom stereocenters. The number of hydrogen-bond acceptors (Lipinski definition) is 6. The van der Waals surface area contributed by atoms with Crippen molar-refractivity contribution in [1.82, 2.24) is 4.90 Å². The van der Waals surface area contributed by atoms with Gasteiger partial charge in [0.2, 0.25) is 5.91 Å². The molecule has 0 bridgehead atoms. The van der Waals surface area contributed by atoms with E-state index in [1.165, 1.54) is 5.56 Å². The van der Waals surface area contributed by atoms with E-state index < -0.39 is 0 Å². The lowest BCUT2D eigenvalue weighted by Crippen LogP contribution is -2.37. The number of piperidine rings is 1. The average molecular weight is 561 g/mol. The second kappa shape index (κ2) is 11.7. The Kier molecular flexibility index (Phi) is 8.67. The van der Waals surface area contributed by atoms with Gasteiger partial charge in [-0.25, -0.2) is 0 Å². The van der Waals surface area contributed by atoms with Gasteiger partial charge in [0.25, 0.3) is 0 Å². The number of ether oxygens (including phenoxy) is 3. The first-order valence-corrected chi connectivity index (χ1v) is 13.6. The van der Waals surface area contributed by atoms with Crippen molar-refractivity contribution >= 4 is 33.2 Å². The smallest absolute Gasteiger partial charge is 0.229 e. The highest BCUT2D eigenvalue weighted by molar-refractivity contribution is 9.10. The first kappa shape index (κ1) is 26.6. The third kappa shape index (κ3) is 5.59. The van der Waals surface area contributed by atoms with E-state index in [0.717, 1.165) is 65.9 Å². The molecule has 0 radical (unpaired) electrons. The molecule has 196 valence electrons. The molecule has 2 aromatic carbocycles. The molecule has 2 N–H and O–H groups in total. The summed E-state index contributed by atoms with van der Waals surface area (Å²) in [7, 11) is 4.98. The molecule has 4 rings (SSSR count). The maximum Gasteiger partial charge on any atom is 0.229 e. The summed E-state index contributed by atoms with van der Waals surface area (Å²) in [6.07, 6.45) is 3.68.